The first-order valence-electron chi connectivity index (χ1n) is 18.1. The van der Waals surface area contributed by atoms with Crippen LogP contribution in [0.15, 0.2) is 140 Å². The minimum atomic E-state index is 0.122. The molecule has 1 aliphatic carbocycles. The standard InChI is InChI=1S/C47H39N5/c1-46(2)27-28-47(3,4)39-29-32(23-26-38(39)46)33-24-25-36(35-20-12-11-19-34(33)35)43-50-42(31-17-9-6-10-18-31)51-45(52-43)44-48-40-22-14-13-21-37(40)41(49-44)30-15-7-5-8-16-30/h5-26,29H,27-28H2,1-4H3. The summed E-state index contributed by atoms with van der Waals surface area (Å²) >= 11 is 0. The summed E-state index contributed by atoms with van der Waals surface area (Å²) in [5.41, 5.74) is 10.2. The van der Waals surface area contributed by atoms with E-state index in [1.807, 2.05) is 66.7 Å². The van der Waals surface area contributed by atoms with E-state index in [9.17, 15) is 0 Å². The molecule has 5 heteroatoms. The van der Waals surface area contributed by atoms with Crippen molar-refractivity contribution in [3.63, 3.8) is 0 Å². The Morgan fingerprint density at radius 1 is 0.385 bits per heavy atom. The highest BCUT2D eigenvalue weighted by Gasteiger charge is 2.37. The lowest BCUT2D eigenvalue weighted by Gasteiger charge is -2.42. The van der Waals surface area contributed by atoms with E-state index in [1.165, 1.54) is 35.1 Å². The molecule has 0 fully saturated rings. The maximum Gasteiger partial charge on any atom is 0.201 e. The van der Waals surface area contributed by atoms with Gasteiger partial charge < -0.3 is 0 Å². The highest BCUT2D eigenvalue weighted by Crippen LogP contribution is 2.47. The van der Waals surface area contributed by atoms with Crippen molar-refractivity contribution in [2.75, 3.05) is 0 Å². The van der Waals surface area contributed by atoms with E-state index in [0.717, 1.165) is 44.1 Å². The maximum atomic E-state index is 5.14. The number of nitrogens with zero attached hydrogens (tertiary/aromatic N) is 5. The van der Waals surface area contributed by atoms with Crippen molar-refractivity contribution in [2.45, 2.75) is 51.4 Å². The Labute approximate surface area is 304 Å². The number of aromatic nitrogens is 5. The first kappa shape index (κ1) is 31.9. The van der Waals surface area contributed by atoms with Gasteiger partial charge in [0.15, 0.2) is 17.5 Å². The van der Waals surface area contributed by atoms with Crippen LogP contribution < -0.4 is 0 Å². The molecular formula is C47H39N5. The van der Waals surface area contributed by atoms with Crippen LogP contribution in [0.3, 0.4) is 0 Å². The average Bonchev–Trinajstić information content (AvgIpc) is 3.19. The van der Waals surface area contributed by atoms with Crippen molar-refractivity contribution >= 4 is 21.7 Å². The third-order valence-electron chi connectivity index (χ3n) is 10.8. The second-order valence-corrected chi connectivity index (χ2v) is 15.2. The number of rotatable bonds is 5. The first-order valence-corrected chi connectivity index (χ1v) is 18.1. The molecule has 0 unspecified atom stereocenters. The van der Waals surface area contributed by atoms with Crippen molar-refractivity contribution in [3.05, 3.63) is 151 Å². The van der Waals surface area contributed by atoms with Crippen molar-refractivity contribution in [1.29, 1.82) is 0 Å². The molecule has 252 valence electrons. The van der Waals surface area contributed by atoms with Gasteiger partial charge in [-0.3, -0.25) is 0 Å². The molecule has 0 aliphatic heterocycles. The third kappa shape index (κ3) is 5.54. The van der Waals surface area contributed by atoms with E-state index in [1.54, 1.807) is 0 Å². The zero-order valence-corrected chi connectivity index (χ0v) is 29.9. The van der Waals surface area contributed by atoms with Crippen LogP contribution in [0.2, 0.25) is 0 Å². The summed E-state index contributed by atoms with van der Waals surface area (Å²) in [6.45, 7) is 9.53. The summed E-state index contributed by atoms with van der Waals surface area (Å²) in [6.07, 6.45) is 2.37. The first-order chi connectivity index (χ1) is 25.2. The molecule has 0 atom stereocenters. The van der Waals surface area contributed by atoms with Gasteiger partial charge in [0, 0.05) is 22.1 Å². The van der Waals surface area contributed by atoms with Gasteiger partial charge in [-0.25, -0.2) is 24.9 Å². The third-order valence-corrected chi connectivity index (χ3v) is 10.8. The number of benzene rings is 6. The Morgan fingerprint density at radius 3 is 1.65 bits per heavy atom. The predicted octanol–water partition coefficient (Wildman–Crippen LogP) is 11.7. The van der Waals surface area contributed by atoms with Gasteiger partial charge in [-0.2, -0.15) is 0 Å². The second kappa shape index (κ2) is 12.3. The summed E-state index contributed by atoms with van der Waals surface area (Å²) in [5.74, 6) is 2.04. The van der Waals surface area contributed by atoms with Crippen molar-refractivity contribution < 1.29 is 0 Å². The molecule has 0 saturated carbocycles. The average molecular weight is 674 g/mol. The van der Waals surface area contributed by atoms with Gasteiger partial charge in [-0.05, 0) is 68.8 Å². The lowest BCUT2D eigenvalue weighted by Crippen LogP contribution is -2.33. The molecule has 0 spiro atoms. The predicted molar refractivity (Wildman–Crippen MR) is 213 cm³/mol. The van der Waals surface area contributed by atoms with Gasteiger partial charge in [-0.15, -0.1) is 0 Å². The van der Waals surface area contributed by atoms with Crippen LogP contribution >= 0.6 is 0 Å². The minimum Gasteiger partial charge on any atom is -0.225 e. The lowest BCUT2D eigenvalue weighted by atomic mass is 9.63. The summed E-state index contributed by atoms with van der Waals surface area (Å²) in [6, 6.07) is 48.5. The smallest absolute Gasteiger partial charge is 0.201 e. The van der Waals surface area contributed by atoms with Crippen LogP contribution in [0, 0.1) is 0 Å². The van der Waals surface area contributed by atoms with Crippen LogP contribution in [0.25, 0.3) is 78.5 Å². The quantitative estimate of drug-likeness (QED) is 0.182. The zero-order chi connectivity index (χ0) is 35.5. The molecule has 0 saturated heterocycles. The Hall–Kier alpha value is -6.07. The minimum absolute atomic E-state index is 0.122. The molecule has 6 aromatic carbocycles. The van der Waals surface area contributed by atoms with Gasteiger partial charge >= 0.3 is 0 Å². The van der Waals surface area contributed by atoms with E-state index in [4.69, 9.17) is 24.9 Å². The summed E-state index contributed by atoms with van der Waals surface area (Å²) in [4.78, 5) is 25.4. The van der Waals surface area contributed by atoms with Crippen LogP contribution in [-0.2, 0) is 10.8 Å². The largest absolute Gasteiger partial charge is 0.225 e. The molecule has 5 nitrogen and oxygen atoms in total. The number of para-hydroxylation sites is 1. The number of hydrogen-bond donors (Lipinski definition) is 0. The molecule has 2 heterocycles. The fourth-order valence-corrected chi connectivity index (χ4v) is 7.81. The Balaban J connectivity index is 1.24. The molecule has 1 aliphatic rings. The Bertz CT molecular complexity index is 2630. The molecule has 9 rings (SSSR count). The Morgan fingerprint density at radius 2 is 0.923 bits per heavy atom. The highest BCUT2D eigenvalue weighted by molar-refractivity contribution is 6.04. The fourth-order valence-electron chi connectivity index (χ4n) is 7.81. The topological polar surface area (TPSA) is 64.5 Å². The number of fused-ring (bicyclic) bond motifs is 3. The van der Waals surface area contributed by atoms with E-state index in [-0.39, 0.29) is 10.8 Å². The van der Waals surface area contributed by atoms with Gasteiger partial charge in [0.1, 0.15) is 0 Å². The van der Waals surface area contributed by atoms with Crippen LogP contribution in [-0.4, -0.2) is 24.9 Å². The highest BCUT2D eigenvalue weighted by atomic mass is 15.1. The Kier molecular flexibility index (Phi) is 7.55. The van der Waals surface area contributed by atoms with E-state index < -0.39 is 0 Å². The van der Waals surface area contributed by atoms with Gasteiger partial charge in [0.05, 0.1) is 11.2 Å². The van der Waals surface area contributed by atoms with Gasteiger partial charge in [0.2, 0.25) is 5.82 Å². The SMILES string of the molecule is CC1(C)CCC(C)(C)c2cc(-c3ccc(-c4nc(-c5ccccc5)nc(-c5nc(-c6ccccc6)c6ccccc6n5)n4)c4ccccc34)ccc21. The normalized spacial score (nSPS) is 14.7. The van der Waals surface area contributed by atoms with Crippen molar-refractivity contribution in [2.24, 2.45) is 0 Å². The van der Waals surface area contributed by atoms with Crippen LogP contribution in [0.4, 0.5) is 0 Å². The fraction of sp³-hybridized carbons (Fsp3) is 0.170. The van der Waals surface area contributed by atoms with Crippen molar-refractivity contribution in [1.82, 2.24) is 24.9 Å². The lowest BCUT2D eigenvalue weighted by molar-refractivity contribution is 0.332. The van der Waals surface area contributed by atoms with Crippen LogP contribution in [0.1, 0.15) is 51.7 Å². The molecule has 52 heavy (non-hydrogen) atoms. The molecule has 2 aromatic heterocycles. The summed E-state index contributed by atoms with van der Waals surface area (Å²) in [7, 11) is 0. The van der Waals surface area contributed by atoms with Crippen LogP contribution in [0.5, 0.6) is 0 Å². The monoisotopic (exact) mass is 673 g/mol. The molecule has 0 radical (unpaired) electrons. The molecule has 0 N–H and O–H groups in total. The van der Waals surface area contributed by atoms with Gasteiger partial charge in [-0.1, -0.05) is 155 Å². The summed E-state index contributed by atoms with van der Waals surface area (Å²) in [5, 5.41) is 3.22. The second-order valence-electron chi connectivity index (χ2n) is 15.2. The molecule has 0 bridgehead atoms. The van der Waals surface area contributed by atoms with Crippen molar-refractivity contribution in [3.8, 4) is 56.8 Å². The zero-order valence-electron chi connectivity index (χ0n) is 29.9. The number of hydrogen-bond acceptors (Lipinski definition) is 5. The van der Waals surface area contributed by atoms with E-state index in [2.05, 4.69) is 100 Å². The van der Waals surface area contributed by atoms with E-state index in [0.29, 0.717) is 23.3 Å². The molecular weight excluding hydrogens is 635 g/mol. The molecule has 8 aromatic rings. The maximum absolute atomic E-state index is 5.14. The summed E-state index contributed by atoms with van der Waals surface area (Å²) < 4.78 is 0. The molecule has 0 amide bonds. The van der Waals surface area contributed by atoms with Gasteiger partial charge in [0.25, 0.3) is 0 Å². The van der Waals surface area contributed by atoms with E-state index >= 15 is 0 Å².